The molecule has 0 rings (SSSR count). The molecule has 17 heavy (non-hydrogen) atoms. The molecule has 3 atom stereocenters. The lowest BCUT2D eigenvalue weighted by Crippen LogP contribution is -2.38. The zero-order valence-electron chi connectivity index (χ0n) is 12.4. The van der Waals surface area contributed by atoms with Gasteiger partial charge in [-0.25, -0.2) is 0 Å². The van der Waals surface area contributed by atoms with Crippen molar-refractivity contribution in [3.63, 3.8) is 0 Å². The van der Waals surface area contributed by atoms with Crippen molar-refractivity contribution >= 4 is 5.91 Å². The molecule has 2 nitrogen and oxygen atoms in total. The predicted octanol–water partition coefficient (Wildman–Crippen LogP) is 4.13. The summed E-state index contributed by atoms with van der Waals surface area (Å²) in [6, 6.07) is 0. The van der Waals surface area contributed by atoms with E-state index >= 15 is 0 Å². The third-order valence-corrected chi connectivity index (χ3v) is 4.45. The van der Waals surface area contributed by atoms with Crippen LogP contribution in [0.25, 0.3) is 0 Å². The highest BCUT2D eigenvalue weighted by Crippen LogP contribution is 2.37. The van der Waals surface area contributed by atoms with Gasteiger partial charge in [-0.1, -0.05) is 47.5 Å². The second kappa shape index (κ2) is 7.73. The molecule has 102 valence electrons. The summed E-state index contributed by atoms with van der Waals surface area (Å²) in [7, 11) is 0. The molecule has 0 aliphatic carbocycles. The largest absolute Gasteiger partial charge is 0.369 e. The fourth-order valence-electron chi connectivity index (χ4n) is 2.36. The summed E-state index contributed by atoms with van der Waals surface area (Å²) in [4.78, 5) is 11.8. The van der Waals surface area contributed by atoms with E-state index in [0.29, 0.717) is 11.8 Å². The summed E-state index contributed by atoms with van der Waals surface area (Å²) in [5, 5.41) is 0. The fraction of sp³-hybridized carbons (Fsp3) is 0.933. The van der Waals surface area contributed by atoms with Gasteiger partial charge in [-0.3, -0.25) is 4.79 Å². The minimum atomic E-state index is -0.265. The zero-order valence-corrected chi connectivity index (χ0v) is 12.4. The Morgan fingerprint density at radius 2 is 1.65 bits per heavy atom. The van der Waals surface area contributed by atoms with Crippen LogP contribution in [0, 0.1) is 17.3 Å². The summed E-state index contributed by atoms with van der Waals surface area (Å²) in [5.41, 5.74) is 5.41. The Labute approximate surface area is 107 Å². The Balaban J connectivity index is 4.64. The molecule has 0 saturated heterocycles. The van der Waals surface area contributed by atoms with E-state index in [4.69, 9.17) is 5.73 Å². The minimum absolute atomic E-state index is 0.0939. The third-order valence-electron chi connectivity index (χ3n) is 4.45. The molecule has 0 fully saturated rings. The predicted molar refractivity (Wildman–Crippen MR) is 74.7 cm³/mol. The van der Waals surface area contributed by atoms with E-state index in [1.54, 1.807) is 0 Å². The van der Waals surface area contributed by atoms with Gasteiger partial charge in [-0.2, -0.15) is 0 Å². The van der Waals surface area contributed by atoms with Gasteiger partial charge in [0.2, 0.25) is 5.91 Å². The van der Waals surface area contributed by atoms with Crippen molar-refractivity contribution in [1.29, 1.82) is 0 Å². The number of hydrogen-bond donors (Lipinski definition) is 1. The molecular weight excluding hydrogens is 210 g/mol. The molecule has 0 saturated carbocycles. The molecule has 0 spiro atoms. The lowest BCUT2D eigenvalue weighted by atomic mass is 9.72. The topological polar surface area (TPSA) is 43.1 Å². The van der Waals surface area contributed by atoms with Crippen LogP contribution < -0.4 is 5.73 Å². The average molecular weight is 241 g/mol. The minimum Gasteiger partial charge on any atom is -0.369 e. The SMILES string of the molecule is CCC(C)CCC(CC)(CC(C)CC)C(N)=O. The number of amides is 1. The van der Waals surface area contributed by atoms with Gasteiger partial charge in [0.05, 0.1) is 0 Å². The first kappa shape index (κ1) is 16.5. The quantitative estimate of drug-likeness (QED) is 0.648. The number of carbonyl (C=O) groups is 1. The Kier molecular flexibility index (Phi) is 7.49. The maximum atomic E-state index is 11.8. The molecular formula is C15H31NO. The Morgan fingerprint density at radius 1 is 1.12 bits per heavy atom. The van der Waals surface area contributed by atoms with Gasteiger partial charge in [0.25, 0.3) is 0 Å². The van der Waals surface area contributed by atoms with Crippen molar-refractivity contribution in [2.45, 2.75) is 73.1 Å². The standard InChI is InChI=1S/C15H31NO/c1-6-12(4)9-10-15(8-3,14(16)17)11-13(5)7-2/h12-13H,6-11H2,1-5H3,(H2,16,17). The molecule has 0 radical (unpaired) electrons. The molecule has 3 unspecified atom stereocenters. The first-order valence-corrected chi connectivity index (χ1v) is 7.21. The van der Waals surface area contributed by atoms with Gasteiger partial charge in [0, 0.05) is 5.41 Å². The molecule has 0 bridgehead atoms. The zero-order chi connectivity index (χ0) is 13.5. The first-order valence-electron chi connectivity index (χ1n) is 7.21. The highest BCUT2D eigenvalue weighted by atomic mass is 16.1. The summed E-state index contributed by atoms with van der Waals surface area (Å²) in [5.74, 6) is 1.18. The van der Waals surface area contributed by atoms with Crippen LogP contribution in [-0.2, 0) is 4.79 Å². The van der Waals surface area contributed by atoms with Crippen LogP contribution in [0.15, 0.2) is 0 Å². The lowest BCUT2D eigenvalue weighted by Gasteiger charge is -2.32. The van der Waals surface area contributed by atoms with Crippen molar-refractivity contribution < 1.29 is 4.79 Å². The van der Waals surface area contributed by atoms with Crippen molar-refractivity contribution in [3.05, 3.63) is 0 Å². The molecule has 2 N–H and O–H groups in total. The van der Waals surface area contributed by atoms with E-state index in [2.05, 4.69) is 34.6 Å². The van der Waals surface area contributed by atoms with Crippen LogP contribution in [0.4, 0.5) is 0 Å². The number of nitrogens with two attached hydrogens (primary N) is 1. The van der Waals surface area contributed by atoms with Crippen molar-refractivity contribution in [1.82, 2.24) is 0 Å². The highest BCUT2D eigenvalue weighted by molar-refractivity contribution is 5.80. The van der Waals surface area contributed by atoms with Crippen molar-refractivity contribution in [2.75, 3.05) is 0 Å². The van der Waals surface area contributed by atoms with Crippen LogP contribution in [0.5, 0.6) is 0 Å². The summed E-state index contributed by atoms with van der Waals surface area (Å²) in [6.07, 6.45) is 6.21. The van der Waals surface area contributed by atoms with Gasteiger partial charge in [0.15, 0.2) is 0 Å². The number of rotatable bonds is 9. The maximum absolute atomic E-state index is 11.8. The number of primary amides is 1. The summed E-state index contributed by atoms with van der Waals surface area (Å²) < 4.78 is 0. The van der Waals surface area contributed by atoms with Gasteiger partial charge < -0.3 is 5.73 Å². The second-order valence-corrected chi connectivity index (χ2v) is 5.77. The van der Waals surface area contributed by atoms with E-state index in [0.717, 1.165) is 32.1 Å². The van der Waals surface area contributed by atoms with Crippen LogP contribution in [-0.4, -0.2) is 5.91 Å². The highest BCUT2D eigenvalue weighted by Gasteiger charge is 2.35. The second-order valence-electron chi connectivity index (χ2n) is 5.77. The summed E-state index contributed by atoms with van der Waals surface area (Å²) in [6.45, 7) is 11.0. The van der Waals surface area contributed by atoms with Crippen LogP contribution in [0.3, 0.4) is 0 Å². The van der Waals surface area contributed by atoms with E-state index in [1.807, 2.05) is 0 Å². The normalized spacial score (nSPS) is 18.4. The molecule has 0 aliphatic rings. The van der Waals surface area contributed by atoms with Crippen LogP contribution in [0.1, 0.15) is 73.1 Å². The smallest absolute Gasteiger partial charge is 0.223 e. The Bertz CT molecular complexity index is 227. The van der Waals surface area contributed by atoms with E-state index in [1.165, 1.54) is 6.42 Å². The summed E-state index contributed by atoms with van der Waals surface area (Å²) >= 11 is 0. The van der Waals surface area contributed by atoms with E-state index in [-0.39, 0.29) is 11.3 Å². The molecule has 0 heterocycles. The molecule has 0 aromatic rings. The lowest BCUT2D eigenvalue weighted by molar-refractivity contribution is -0.129. The molecule has 0 aromatic carbocycles. The monoisotopic (exact) mass is 241 g/mol. The number of carbonyl (C=O) groups excluding carboxylic acids is 1. The van der Waals surface area contributed by atoms with Crippen molar-refractivity contribution in [3.8, 4) is 0 Å². The molecule has 0 aliphatic heterocycles. The van der Waals surface area contributed by atoms with E-state index in [9.17, 15) is 4.79 Å². The van der Waals surface area contributed by atoms with Crippen molar-refractivity contribution in [2.24, 2.45) is 23.0 Å². The van der Waals surface area contributed by atoms with Crippen LogP contribution in [0.2, 0.25) is 0 Å². The van der Waals surface area contributed by atoms with E-state index < -0.39 is 0 Å². The van der Waals surface area contributed by atoms with Gasteiger partial charge in [-0.05, 0) is 37.5 Å². The van der Waals surface area contributed by atoms with Gasteiger partial charge in [0.1, 0.15) is 0 Å². The van der Waals surface area contributed by atoms with Crippen LogP contribution >= 0.6 is 0 Å². The number of hydrogen-bond acceptors (Lipinski definition) is 1. The van der Waals surface area contributed by atoms with Gasteiger partial charge >= 0.3 is 0 Å². The van der Waals surface area contributed by atoms with Gasteiger partial charge in [-0.15, -0.1) is 0 Å². The third kappa shape index (κ3) is 5.10. The first-order chi connectivity index (χ1) is 7.91. The Hall–Kier alpha value is -0.530. The molecule has 2 heteroatoms. The average Bonchev–Trinajstić information content (AvgIpc) is 2.33. The molecule has 1 amide bonds. The Morgan fingerprint density at radius 3 is 2.00 bits per heavy atom. The maximum Gasteiger partial charge on any atom is 0.223 e. The molecule has 0 aromatic heterocycles. The fourth-order valence-corrected chi connectivity index (χ4v) is 2.36.